The zero-order valence-electron chi connectivity index (χ0n) is 12.1. The van der Waals surface area contributed by atoms with Crippen molar-refractivity contribution in [1.82, 2.24) is 16.0 Å². The van der Waals surface area contributed by atoms with Gasteiger partial charge in [-0.25, -0.2) is 0 Å². The van der Waals surface area contributed by atoms with Crippen LogP contribution >= 0.6 is 12.4 Å². The van der Waals surface area contributed by atoms with Crippen molar-refractivity contribution in [1.29, 1.82) is 0 Å². The van der Waals surface area contributed by atoms with Crippen LogP contribution in [-0.4, -0.2) is 38.0 Å². The Morgan fingerprint density at radius 1 is 1.13 bits per heavy atom. The lowest BCUT2D eigenvalue weighted by atomic mass is 10.0. The Hall–Kier alpha value is -1.80. The molecule has 5 nitrogen and oxygen atoms in total. The number of rotatable bonds is 5. The fraction of sp³-hybridized carbons (Fsp3) is 0.429. The predicted octanol–water partition coefficient (Wildman–Crippen LogP) is 1.19. The second kappa shape index (κ2) is 8.16. The van der Waals surface area contributed by atoms with E-state index in [9.17, 15) is 22.8 Å². The lowest BCUT2D eigenvalue weighted by Gasteiger charge is -2.27. The Morgan fingerprint density at radius 2 is 1.74 bits per heavy atom. The Labute approximate surface area is 137 Å². The summed E-state index contributed by atoms with van der Waals surface area (Å²) in [6, 6.07) is 3.82. The van der Waals surface area contributed by atoms with Gasteiger partial charge in [0.05, 0.1) is 12.1 Å². The number of benzene rings is 1. The highest BCUT2D eigenvalue weighted by atomic mass is 35.5. The second-order valence-corrected chi connectivity index (χ2v) is 5.09. The molecule has 3 N–H and O–H groups in total. The van der Waals surface area contributed by atoms with Gasteiger partial charge >= 0.3 is 6.18 Å². The van der Waals surface area contributed by atoms with E-state index in [4.69, 9.17) is 0 Å². The van der Waals surface area contributed by atoms with Gasteiger partial charge in [0.1, 0.15) is 0 Å². The number of alkyl halides is 3. The summed E-state index contributed by atoms with van der Waals surface area (Å²) in [5.74, 6) is -0.504. The summed E-state index contributed by atoms with van der Waals surface area (Å²) in [6.45, 7) is 2.05. The SMILES string of the molecule is Cl.O=C(CNC(=O)c1ccc(C(F)(F)F)cc1)NCC1CNC1. The summed E-state index contributed by atoms with van der Waals surface area (Å²) in [6.07, 6.45) is -4.44. The highest BCUT2D eigenvalue weighted by molar-refractivity contribution is 5.96. The van der Waals surface area contributed by atoms with Gasteiger partial charge in [0.15, 0.2) is 0 Å². The Morgan fingerprint density at radius 3 is 2.22 bits per heavy atom. The Balaban J connectivity index is 0.00000264. The molecule has 0 unspecified atom stereocenters. The first kappa shape index (κ1) is 19.2. The quantitative estimate of drug-likeness (QED) is 0.746. The Kier molecular flexibility index (Phi) is 6.83. The van der Waals surface area contributed by atoms with Crippen LogP contribution in [-0.2, 0) is 11.0 Å². The standard InChI is InChI=1S/C14H16F3N3O2.ClH/c15-14(16,17)11-3-1-10(2-4-11)13(22)20-8-12(21)19-7-9-5-18-6-9;/h1-4,9,18H,5-8H2,(H,19,21)(H,20,22);1H. The summed E-state index contributed by atoms with van der Waals surface area (Å²) in [7, 11) is 0. The third-order valence-corrected chi connectivity index (χ3v) is 3.34. The maximum Gasteiger partial charge on any atom is 0.416 e. The molecular weight excluding hydrogens is 335 g/mol. The zero-order valence-corrected chi connectivity index (χ0v) is 12.9. The number of nitrogens with one attached hydrogen (secondary N) is 3. The first-order chi connectivity index (χ1) is 10.4. The molecule has 0 atom stereocenters. The minimum Gasteiger partial charge on any atom is -0.354 e. The number of halogens is 4. The average molecular weight is 352 g/mol. The third-order valence-electron chi connectivity index (χ3n) is 3.34. The van der Waals surface area contributed by atoms with E-state index in [0.717, 1.165) is 37.4 Å². The Bertz CT molecular complexity index is 545. The maximum absolute atomic E-state index is 12.4. The molecule has 23 heavy (non-hydrogen) atoms. The van der Waals surface area contributed by atoms with Gasteiger partial charge in [0.2, 0.25) is 5.91 Å². The molecule has 1 aromatic carbocycles. The van der Waals surface area contributed by atoms with E-state index in [1.165, 1.54) is 0 Å². The van der Waals surface area contributed by atoms with Crippen LogP contribution in [0, 0.1) is 5.92 Å². The molecule has 0 saturated carbocycles. The topological polar surface area (TPSA) is 70.2 Å². The van der Waals surface area contributed by atoms with E-state index in [0.29, 0.717) is 12.5 Å². The van der Waals surface area contributed by atoms with Crippen LogP contribution in [0.2, 0.25) is 0 Å². The summed E-state index contributed by atoms with van der Waals surface area (Å²) in [4.78, 5) is 23.2. The van der Waals surface area contributed by atoms with E-state index in [1.807, 2.05) is 0 Å². The van der Waals surface area contributed by atoms with Crippen molar-refractivity contribution in [3.8, 4) is 0 Å². The lowest BCUT2D eigenvalue weighted by Crippen LogP contribution is -2.49. The van der Waals surface area contributed by atoms with Crippen molar-refractivity contribution in [2.45, 2.75) is 6.18 Å². The van der Waals surface area contributed by atoms with Gasteiger partial charge in [0, 0.05) is 31.1 Å². The minimum atomic E-state index is -4.44. The fourth-order valence-electron chi connectivity index (χ4n) is 1.89. The van der Waals surface area contributed by atoms with Crippen molar-refractivity contribution in [3.63, 3.8) is 0 Å². The molecule has 128 valence electrons. The van der Waals surface area contributed by atoms with Gasteiger partial charge in [-0.3, -0.25) is 9.59 Å². The first-order valence-corrected chi connectivity index (χ1v) is 6.79. The highest BCUT2D eigenvalue weighted by Crippen LogP contribution is 2.28. The lowest BCUT2D eigenvalue weighted by molar-refractivity contribution is -0.137. The molecule has 2 rings (SSSR count). The molecular formula is C14H17ClF3N3O2. The summed E-state index contributed by atoms with van der Waals surface area (Å²) < 4.78 is 37.2. The van der Waals surface area contributed by atoms with Gasteiger partial charge in [-0.15, -0.1) is 12.4 Å². The van der Waals surface area contributed by atoms with E-state index in [1.54, 1.807) is 0 Å². The molecule has 9 heteroatoms. The molecule has 0 aromatic heterocycles. The number of carbonyl (C=O) groups excluding carboxylic acids is 2. The van der Waals surface area contributed by atoms with Gasteiger partial charge in [-0.05, 0) is 24.3 Å². The van der Waals surface area contributed by atoms with E-state index in [2.05, 4.69) is 16.0 Å². The number of hydrogen-bond donors (Lipinski definition) is 3. The molecule has 1 aliphatic heterocycles. The van der Waals surface area contributed by atoms with Gasteiger partial charge in [-0.1, -0.05) is 0 Å². The normalized spacial score (nSPS) is 14.4. The van der Waals surface area contributed by atoms with Crippen molar-refractivity contribution < 1.29 is 22.8 Å². The average Bonchev–Trinajstić information content (AvgIpc) is 2.42. The van der Waals surface area contributed by atoms with Crippen LogP contribution < -0.4 is 16.0 Å². The molecule has 1 fully saturated rings. The summed E-state index contributed by atoms with van der Waals surface area (Å²) in [5, 5.41) is 8.12. The molecule has 1 saturated heterocycles. The fourth-order valence-corrected chi connectivity index (χ4v) is 1.89. The smallest absolute Gasteiger partial charge is 0.354 e. The summed E-state index contributed by atoms with van der Waals surface area (Å²) >= 11 is 0. The number of amides is 2. The van der Waals surface area contributed by atoms with Crippen LogP contribution in [0.1, 0.15) is 15.9 Å². The molecule has 0 radical (unpaired) electrons. The van der Waals surface area contributed by atoms with Crippen molar-refractivity contribution in [2.75, 3.05) is 26.2 Å². The van der Waals surface area contributed by atoms with Crippen LogP contribution in [0.3, 0.4) is 0 Å². The maximum atomic E-state index is 12.4. The van der Waals surface area contributed by atoms with Crippen LogP contribution in [0.15, 0.2) is 24.3 Å². The van der Waals surface area contributed by atoms with Crippen molar-refractivity contribution >= 4 is 24.2 Å². The van der Waals surface area contributed by atoms with Crippen molar-refractivity contribution in [3.05, 3.63) is 35.4 Å². The minimum absolute atomic E-state index is 0. The second-order valence-electron chi connectivity index (χ2n) is 5.09. The van der Waals surface area contributed by atoms with Crippen LogP contribution in [0.25, 0.3) is 0 Å². The van der Waals surface area contributed by atoms with E-state index >= 15 is 0 Å². The highest BCUT2D eigenvalue weighted by Gasteiger charge is 2.30. The molecule has 1 aromatic rings. The third kappa shape index (κ3) is 5.72. The first-order valence-electron chi connectivity index (χ1n) is 6.79. The summed E-state index contributed by atoms with van der Waals surface area (Å²) in [5.41, 5.74) is -0.750. The molecule has 1 aliphatic rings. The number of hydrogen-bond acceptors (Lipinski definition) is 3. The molecule has 1 heterocycles. The van der Waals surface area contributed by atoms with Crippen LogP contribution in [0.5, 0.6) is 0 Å². The molecule has 0 spiro atoms. The monoisotopic (exact) mass is 351 g/mol. The zero-order chi connectivity index (χ0) is 16.2. The number of carbonyl (C=O) groups is 2. The molecule has 0 aliphatic carbocycles. The van der Waals surface area contributed by atoms with Crippen molar-refractivity contribution in [2.24, 2.45) is 5.92 Å². The van der Waals surface area contributed by atoms with E-state index < -0.39 is 17.6 Å². The van der Waals surface area contributed by atoms with Gasteiger partial charge in [-0.2, -0.15) is 13.2 Å². The largest absolute Gasteiger partial charge is 0.416 e. The molecule has 2 amide bonds. The van der Waals surface area contributed by atoms with Gasteiger partial charge in [0.25, 0.3) is 5.91 Å². The van der Waals surface area contributed by atoms with Gasteiger partial charge < -0.3 is 16.0 Å². The predicted molar refractivity (Wildman–Crippen MR) is 80.4 cm³/mol. The molecule has 0 bridgehead atoms. The van der Waals surface area contributed by atoms with E-state index in [-0.39, 0.29) is 30.4 Å². The van der Waals surface area contributed by atoms with Crippen LogP contribution in [0.4, 0.5) is 13.2 Å².